The zero-order chi connectivity index (χ0) is 16.4. The summed E-state index contributed by atoms with van der Waals surface area (Å²) < 4.78 is 0. The van der Waals surface area contributed by atoms with Gasteiger partial charge in [0, 0.05) is 16.1 Å². The number of hydrogen-bond donors (Lipinski definition) is 0. The molecule has 0 bridgehead atoms. The molecule has 114 valence electrons. The van der Waals surface area contributed by atoms with E-state index in [4.69, 9.17) is 23.2 Å². The molecule has 3 rings (SSSR count). The van der Waals surface area contributed by atoms with Crippen molar-refractivity contribution in [3.8, 4) is 0 Å². The minimum absolute atomic E-state index is 0.0475. The fraction of sp³-hybridized carbons (Fsp3) is 0. The lowest BCUT2D eigenvalue weighted by Gasteiger charge is -2.01. The van der Waals surface area contributed by atoms with Crippen LogP contribution in [0.3, 0.4) is 0 Å². The van der Waals surface area contributed by atoms with Crippen molar-refractivity contribution in [3.63, 3.8) is 0 Å². The standard InChI is InChI=1S/C17H10Cl2N2O2/c18-12-6-4-11(15(19)10-12)5-7-13-8-9-14-16(20-13)2-1-3-17(14)21(22)23/h1-10H/b7-5+. The van der Waals surface area contributed by atoms with Crippen LogP contribution < -0.4 is 0 Å². The molecule has 0 radical (unpaired) electrons. The van der Waals surface area contributed by atoms with Gasteiger partial charge in [0.2, 0.25) is 0 Å². The van der Waals surface area contributed by atoms with E-state index in [0.29, 0.717) is 26.6 Å². The normalized spacial score (nSPS) is 11.2. The van der Waals surface area contributed by atoms with Crippen molar-refractivity contribution in [1.29, 1.82) is 0 Å². The molecule has 3 aromatic rings. The Kier molecular flexibility index (Phi) is 4.28. The number of pyridine rings is 1. The highest BCUT2D eigenvalue weighted by Gasteiger charge is 2.11. The highest BCUT2D eigenvalue weighted by atomic mass is 35.5. The Morgan fingerprint density at radius 1 is 1.04 bits per heavy atom. The first-order chi connectivity index (χ1) is 11.0. The minimum atomic E-state index is -0.410. The number of halogens is 2. The average molecular weight is 345 g/mol. The van der Waals surface area contributed by atoms with E-state index < -0.39 is 4.92 Å². The second kappa shape index (κ2) is 6.36. The maximum absolute atomic E-state index is 11.0. The maximum atomic E-state index is 11.0. The summed E-state index contributed by atoms with van der Waals surface area (Å²) in [4.78, 5) is 15.0. The molecule has 0 atom stereocenters. The number of benzene rings is 2. The molecule has 0 spiro atoms. The summed E-state index contributed by atoms with van der Waals surface area (Å²) in [5.41, 5.74) is 2.12. The van der Waals surface area contributed by atoms with Crippen LogP contribution in [0.4, 0.5) is 5.69 Å². The number of non-ortho nitro benzene ring substituents is 1. The first-order valence-electron chi connectivity index (χ1n) is 6.72. The molecule has 23 heavy (non-hydrogen) atoms. The molecule has 6 heteroatoms. The van der Waals surface area contributed by atoms with Crippen molar-refractivity contribution in [2.45, 2.75) is 0 Å². The number of rotatable bonds is 3. The number of fused-ring (bicyclic) bond motifs is 1. The van der Waals surface area contributed by atoms with Gasteiger partial charge in [-0.2, -0.15) is 0 Å². The van der Waals surface area contributed by atoms with Gasteiger partial charge in [0.25, 0.3) is 5.69 Å². The van der Waals surface area contributed by atoms with Crippen molar-refractivity contribution >= 4 is 51.9 Å². The van der Waals surface area contributed by atoms with Crippen molar-refractivity contribution < 1.29 is 4.92 Å². The number of nitrogens with zero attached hydrogens (tertiary/aromatic N) is 2. The van der Waals surface area contributed by atoms with Gasteiger partial charge in [-0.05, 0) is 42.0 Å². The molecule has 4 nitrogen and oxygen atoms in total. The molecule has 0 amide bonds. The highest BCUT2D eigenvalue weighted by Crippen LogP contribution is 2.25. The van der Waals surface area contributed by atoms with Crippen LogP contribution in [0, 0.1) is 10.1 Å². The molecule has 0 saturated heterocycles. The first-order valence-corrected chi connectivity index (χ1v) is 7.47. The highest BCUT2D eigenvalue weighted by molar-refractivity contribution is 6.35. The zero-order valence-corrected chi connectivity index (χ0v) is 13.3. The van der Waals surface area contributed by atoms with E-state index in [1.54, 1.807) is 42.5 Å². The molecule has 0 aliphatic heterocycles. The fourth-order valence-electron chi connectivity index (χ4n) is 2.22. The minimum Gasteiger partial charge on any atom is -0.258 e. The third-order valence-corrected chi connectivity index (χ3v) is 3.89. The van der Waals surface area contributed by atoms with Crippen molar-refractivity contribution in [3.05, 3.63) is 79.9 Å². The predicted molar refractivity (Wildman–Crippen MR) is 93.8 cm³/mol. The molecule has 1 aromatic heterocycles. The smallest absolute Gasteiger partial charge is 0.258 e. The number of hydrogen-bond acceptors (Lipinski definition) is 3. The van der Waals surface area contributed by atoms with Gasteiger partial charge in [0.15, 0.2) is 0 Å². The van der Waals surface area contributed by atoms with Gasteiger partial charge in [-0.3, -0.25) is 10.1 Å². The molecular formula is C17H10Cl2N2O2. The summed E-state index contributed by atoms with van der Waals surface area (Å²) in [5, 5.41) is 12.6. The van der Waals surface area contributed by atoms with E-state index in [2.05, 4.69) is 4.98 Å². The lowest BCUT2D eigenvalue weighted by molar-refractivity contribution is -0.383. The molecule has 0 aliphatic rings. The van der Waals surface area contributed by atoms with Gasteiger partial charge in [-0.15, -0.1) is 0 Å². The number of nitro groups is 1. The van der Waals surface area contributed by atoms with Crippen molar-refractivity contribution in [2.75, 3.05) is 0 Å². The Morgan fingerprint density at radius 3 is 2.61 bits per heavy atom. The zero-order valence-electron chi connectivity index (χ0n) is 11.7. The van der Waals surface area contributed by atoms with E-state index in [1.807, 2.05) is 12.1 Å². The van der Waals surface area contributed by atoms with E-state index in [9.17, 15) is 10.1 Å². The molecule has 1 heterocycles. The predicted octanol–water partition coefficient (Wildman–Crippen LogP) is 5.62. The second-order valence-corrected chi connectivity index (χ2v) is 5.68. The maximum Gasteiger partial charge on any atom is 0.278 e. The van der Waals surface area contributed by atoms with Crippen LogP contribution in [-0.2, 0) is 0 Å². The average Bonchev–Trinajstić information content (AvgIpc) is 2.53. The van der Waals surface area contributed by atoms with Gasteiger partial charge in [-0.25, -0.2) is 4.98 Å². The van der Waals surface area contributed by atoms with E-state index >= 15 is 0 Å². The molecule has 2 aromatic carbocycles. The number of aromatic nitrogens is 1. The van der Waals surface area contributed by atoms with Crippen LogP contribution in [0.15, 0.2) is 48.5 Å². The molecule has 0 saturated carbocycles. The summed E-state index contributed by atoms with van der Waals surface area (Å²) in [5.74, 6) is 0. The second-order valence-electron chi connectivity index (χ2n) is 4.84. The van der Waals surface area contributed by atoms with Gasteiger partial charge in [0.1, 0.15) is 0 Å². The molecule has 0 N–H and O–H groups in total. The lowest BCUT2D eigenvalue weighted by atomic mass is 10.1. The number of nitro benzene ring substituents is 1. The van der Waals surface area contributed by atoms with Crippen LogP contribution in [0.25, 0.3) is 23.1 Å². The first kappa shape index (κ1) is 15.5. The van der Waals surface area contributed by atoms with Crippen molar-refractivity contribution in [1.82, 2.24) is 4.98 Å². The van der Waals surface area contributed by atoms with Crippen LogP contribution >= 0.6 is 23.2 Å². The van der Waals surface area contributed by atoms with Gasteiger partial charge >= 0.3 is 0 Å². The monoisotopic (exact) mass is 344 g/mol. The topological polar surface area (TPSA) is 56.0 Å². The third-order valence-electron chi connectivity index (χ3n) is 3.32. The molecule has 0 fully saturated rings. The van der Waals surface area contributed by atoms with Gasteiger partial charge < -0.3 is 0 Å². The Hall–Kier alpha value is -2.43. The van der Waals surface area contributed by atoms with Crippen LogP contribution in [0.5, 0.6) is 0 Å². The molecular weight excluding hydrogens is 335 g/mol. The van der Waals surface area contributed by atoms with E-state index in [0.717, 1.165) is 5.56 Å². The fourth-order valence-corrected chi connectivity index (χ4v) is 2.69. The SMILES string of the molecule is O=[N+]([O-])c1cccc2nc(/C=C/c3ccc(Cl)cc3Cl)ccc12. The van der Waals surface area contributed by atoms with E-state index in [-0.39, 0.29) is 5.69 Å². The Morgan fingerprint density at radius 2 is 1.87 bits per heavy atom. The third kappa shape index (κ3) is 3.33. The Labute approximate surface area is 142 Å². The Balaban J connectivity index is 1.98. The van der Waals surface area contributed by atoms with E-state index in [1.165, 1.54) is 6.07 Å². The van der Waals surface area contributed by atoms with Crippen molar-refractivity contribution in [2.24, 2.45) is 0 Å². The summed E-state index contributed by atoms with van der Waals surface area (Å²) in [7, 11) is 0. The summed E-state index contributed by atoms with van der Waals surface area (Å²) in [6.45, 7) is 0. The molecule has 0 unspecified atom stereocenters. The molecule has 0 aliphatic carbocycles. The van der Waals surface area contributed by atoms with Gasteiger partial charge in [-0.1, -0.05) is 41.4 Å². The lowest BCUT2D eigenvalue weighted by Crippen LogP contribution is -1.91. The quantitative estimate of drug-likeness (QED) is 0.457. The largest absolute Gasteiger partial charge is 0.278 e. The van der Waals surface area contributed by atoms with Crippen LogP contribution in [0.2, 0.25) is 10.0 Å². The Bertz CT molecular complexity index is 939. The van der Waals surface area contributed by atoms with Gasteiger partial charge in [0.05, 0.1) is 21.5 Å². The summed E-state index contributed by atoms with van der Waals surface area (Å²) in [6, 6.07) is 13.5. The summed E-state index contributed by atoms with van der Waals surface area (Å²) >= 11 is 12.0. The van der Waals surface area contributed by atoms with Crippen LogP contribution in [0.1, 0.15) is 11.3 Å². The van der Waals surface area contributed by atoms with Crippen LogP contribution in [-0.4, -0.2) is 9.91 Å². The summed E-state index contributed by atoms with van der Waals surface area (Å²) in [6.07, 6.45) is 3.62.